The summed E-state index contributed by atoms with van der Waals surface area (Å²) in [6.07, 6.45) is 5.53. The maximum absolute atomic E-state index is 13.0. The zero-order valence-electron chi connectivity index (χ0n) is 21.3. The summed E-state index contributed by atoms with van der Waals surface area (Å²) < 4.78 is 7.90. The van der Waals surface area contributed by atoms with E-state index in [0.717, 1.165) is 36.1 Å². The number of aromatic carboxylic acids is 1. The lowest BCUT2D eigenvalue weighted by atomic mass is 9.74. The second-order valence-electron chi connectivity index (χ2n) is 11.8. The summed E-state index contributed by atoms with van der Waals surface area (Å²) >= 11 is 1.80. The molecule has 186 valence electrons. The topological polar surface area (TPSA) is 80.6 Å². The maximum atomic E-state index is 13.0. The molecule has 0 amide bonds. The first kappa shape index (κ1) is 24.1. The van der Waals surface area contributed by atoms with Crippen LogP contribution >= 0.6 is 11.3 Å². The minimum Gasteiger partial charge on any atom is -0.494 e. The van der Waals surface area contributed by atoms with Crippen molar-refractivity contribution in [1.29, 1.82) is 0 Å². The van der Waals surface area contributed by atoms with Crippen molar-refractivity contribution >= 4 is 28.2 Å². The zero-order chi connectivity index (χ0) is 25.3. The van der Waals surface area contributed by atoms with Gasteiger partial charge in [-0.1, -0.05) is 13.8 Å². The van der Waals surface area contributed by atoms with Crippen LogP contribution in [0.5, 0.6) is 5.75 Å². The normalized spacial score (nSPS) is 19.5. The van der Waals surface area contributed by atoms with Gasteiger partial charge in [-0.3, -0.25) is 4.79 Å². The third kappa shape index (κ3) is 4.40. The number of pyridine rings is 1. The van der Waals surface area contributed by atoms with Crippen LogP contribution in [-0.2, 0) is 6.42 Å². The fourth-order valence-corrected chi connectivity index (χ4v) is 6.95. The molecule has 2 aromatic heterocycles. The summed E-state index contributed by atoms with van der Waals surface area (Å²) in [5.74, 6) is -0.554. The van der Waals surface area contributed by atoms with Crippen LogP contribution in [0.2, 0.25) is 0 Å². The van der Waals surface area contributed by atoms with E-state index in [9.17, 15) is 14.7 Å². The Labute approximate surface area is 209 Å². The van der Waals surface area contributed by atoms with Gasteiger partial charge in [0.05, 0.1) is 18.0 Å². The molecule has 1 fully saturated rings. The van der Waals surface area contributed by atoms with Crippen molar-refractivity contribution in [2.45, 2.75) is 77.9 Å². The van der Waals surface area contributed by atoms with Crippen molar-refractivity contribution in [2.75, 3.05) is 7.11 Å². The lowest BCUT2D eigenvalue weighted by Crippen LogP contribution is -2.42. The van der Waals surface area contributed by atoms with Gasteiger partial charge in [-0.25, -0.2) is 4.79 Å². The van der Waals surface area contributed by atoms with Gasteiger partial charge in [0.1, 0.15) is 5.56 Å². The average molecular weight is 495 g/mol. The molecule has 2 N–H and O–H groups in total. The van der Waals surface area contributed by atoms with Gasteiger partial charge in [-0.05, 0) is 75.6 Å². The van der Waals surface area contributed by atoms with Crippen LogP contribution < -0.4 is 15.5 Å². The molecule has 1 unspecified atom stereocenters. The minimum atomic E-state index is -1.19. The van der Waals surface area contributed by atoms with Gasteiger partial charge >= 0.3 is 5.97 Å². The van der Waals surface area contributed by atoms with E-state index >= 15 is 0 Å². The number of fused-ring (bicyclic) bond motifs is 2. The van der Waals surface area contributed by atoms with Crippen molar-refractivity contribution in [2.24, 2.45) is 5.41 Å². The Morgan fingerprint density at radius 1 is 1.26 bits per heavy atom. The second kappa shape index (κ2) is 8.20. The van der Waals surface area contributed by atoms with Gasteiger partial charge in [0.2, 0.25) is 5.43 Å². The Kier molecular flexibility index (Phi) is 5.64. The van der Waals surface area contributed by atoms with Gasteiger partial charge in [0.15, 0.2) is 5.75 Å². The second-order valence-corrected chi connectivity index (χ2v) is 13.0. The molecule has 0 bridgehead atoms. The molecule has 1 saturated carbocycles. The summed E-state index contributed by atoms with van der Waals surface area (Å²) in [6.45, 7) is 11.3. The van der Waals surface area contributed by atoms with Crippen molar-refractivity contribution < 1.29 is 14.6 Å². The number of carbonyl (C=O) groups is 1. The number of carboxylic acid groups (broad SMARTS) is 1. The molecule has 1 atom stereocenters. The van der Waals surface area contributed by atoms with E-state index in [-0.39, 0.29) is 28.6 Å². The first-order valence-electron chi connectivity index (χ1n) is 12.3. The van der Waals surface area contributed by atoms with Crippen LogP contribution in [0.15, 0.2) is 29.2 Å². The number of rotatable bonds is 5. The highest BCUT2D eigenvalue weighted by Crippen LogP contribution is 2.49. The number of hydrogen-bond acceptors (Lipinski definition) is 5. The van der Waals surface area contributed by atoms with Gasteiger partial charge in [0.25, 0.3) is 0 Å². The molecular weight excluding hydrogens is 460 g/mol. The summed E-state index contributed by atoms with van der Waals surface area (Å²) in [6, 6.07) is 6.44. The molecule has 5 rings (SSSR count). The van der Waals surface area contributed by atoms with E-state index in [1.807, 2.05) is 10.6 Å². The molecule has 2 aliphatic carbocycles. The van der Waals surface area contributed by atoms with Gasteiger partial charge < -0.3 is 19.7 Å². The number of benzene rings is 1. The molecule has 0 aliphatic heterocycles. The third-order valence-electron chi connectivity index (χ3n) is 7.01. The predicted molar refractivity (Wildman–Crippen MR) is 141 cm³/mol. The Hall–Kier alpha value is -2.64. The van der Waals surface area contributed by atoms with Crippen molar-refractivity contribution in [3.63, 3.8) is 0 Å². The summed E-state index contributed by atoms with van der Waals surface area (Å²) in [4.78, 5) is 27.3. The molecule has 0 spiro atoms. The Balaban J connectivity index is 1.70. The summed E-state index contributed by atoms with van der Waals surface area (Å²) in [5.41, 5.74) is 2.54. The first-order valence-corrected chi connectivity index (χ1v) is 13.1. The van der Waals surface area contributed by atoms with E-state index in [2.05, 4.69) is 46.0 Å². The fourth-order valence-electron chi connectivity index (χ4n) is 5.44. The number of aromatic nitrogens is 1. The number of carboxylic acids is 1. The van der Waals surface area contributed by atoms with Crippen molar-refractivity contribution in [3.8, 4) is 16.2 Å². The first-order chi connectivity index (χ1) is 16.4. The molecule has 6 nitrogen and oxygen atoms in total. The zero-order valence-corrected chi connectivity index (χ0v) is 22.1. The van der Waals surface area contributed by atoms with Gasteiger partial charge in [-0.2, -0.15) is 0 Å². The van der Waals surface area contributed by atoms with Crippen LogP contribution in [-0.4, -0.2) is 28.3 Å². The molecule has 35 heavy (non-hydrogen) atoms. The Bertz CT molecular complexity index is 1390. The molecular formula is C28H34N2O4S. The smallest absolute Gasteiger partial charge is 0.341 e. The van der Waals surface area contributed by atoms with Gasteiger partial charge in [-0.15, -0.1) is 11.3 Å². The highest BCUT2D eigenvalue weighted by Gasteiger charge is 2.36. The number of nitrogens with zero attached hydrogens (tertiary/aromatic N) is 1. The van der Waals surface area contributed by atoms with Gasteiger partial charge in [0, 0.05) is 39.1 Å². The van der Waals surface area contributed by atoms with E-state index in [4.69, 9.17) is 4.74 Å². The quantitative estimate of drug-likeness (QED) is 0.443. The summed E-state index contributed by atoms with van der Waals surface area (Å²) in [7, 11) is 1.63. The predicted octanol–water partition coefficient (Wildman–Crippen LogP) is 6.17. The SMILES string of the molecule is COc1c(-c2cc3c(s2)CC(C)(C)CC3NC(C)(C)C)ccc2c(=O)c(C(=O)O)cn(C3CC3)c12. The highest BCUT2D eigenvalue weighted by atomic mass is 32.1. The molecule has 0 saturated heterocycles. The molecule has 3 aromatic rings. The van der Waals surface area contributed by atoms with E-state index in [1.54, 1.807) is 24.5 Å². The van der Waals surface area contributed by atoms with Crippen LogP contribution in [0.3, 0.4) is 0 Å². The standard InChI is InChI=1S/C28H34N2O4S/c1-27(2,3)29-20-12-28(4,5)13-22-18(20)11-21(35-22)16-9-10-17-23(25(16)34-6)30(15-7-8-15)14-19(24(17)31)26(32)33/h9-11,14-15,20,29H,7-8,12-13H2,1-6H3,(H,32,33). The Morgan fingerprint density at radius 3 is 2.57 bits per heavy atom. The lowest BCUT2D eigenvalue weighted by molar-refractivity contribution is 0.0694. The monoisotopic (exact) mass is 494 g/mol. The molecule has 2 aliphatic rings. The van der Waals surface area contributed by atoms with E-state index in [0.29, 0.717) is 16.7 Å². The third-order valence-corrected chi connectivity index (χ3v) is 8.19. The summed E-state index contributed by atoms with van der Waals surface area (Å²) in [5, 5.41) is 13.8. The van der Waals surface area contributed by atoms with E-state index in [1.165, 1.54) is 16.6 Å². The van der Waals surface area contributed by atoms with Crippen LogP contribution in [0.25, 0.3) is 21.3 Å². The van der Waals surface area contributed by atoms with Crippen LogP contribution in [0, 0.1) is 5.41 Å². The van der Waals surface area contributed by atoms with Crippen molar-refractivity contribution in [3.05, 3.63) is 50.6 Å². The maximum Gasteiger partial charge on any atom is 0.341 e. The largest absolute Gasteiger partial charge is 0.494 e. The van der Waals surface area contributed by atoms with E-state index < -0.39 is 11.4 Å². The van der Waals surface area contributed by atoms with Crippen LogP contribution in [0.1, 0.15) is 86.8 Å². The Morgan fingerprint density at radius 2 is 1.97 bits per heavy atom. The number of nitrogens with one attached hydrogen (secondary N) is 1. The number of ether oxygens (including phenoxy) is 1. The number of methoxy groups -OCH3 is 1. The van der Waals surface area contributed by atoms with Crippen LogP contribution in [0.4, 0.5) is 0 Å². The number of hydrogen-bond donors (Lipinski definition) is 2. The molecule has 1 aromatic carbocycles. The average Bonchev–Trinajstić information content (AvgIpc) is 3.50. The molecule has 0 radical (unpaired) electrons. The lowest BCUT2D eigenvalue weighted by Gasteiger charge is -2.39. The number of thiophene rings is 1. The van der Waals surface area contributed by atoms with Crippen molar-refractivity contribution in [1.82, 2.24) is 9.88 Å². The fraction of sp³-hybridized carbons (Fsp3) is 0.500. The minimum absolute atomic E-state index is 0.000274. The molecule has 2 heterocycles. The molecule has 7 heteroatoms. The highest BCUT2D eigenvalue weighted by molar-refractivity contribution is 7.15.